The molecule has 2 aromatic heterocycles. The van der Waals surface area contributed by atoms with Gasteiger partial charge in [-0.3, -0.25) is 14.7 Å². The molecule has 1 aromatic carbocycles. The molecule has 10 heteroatoms. The monoisotopic (exact) mass is 404 g/mol. The lowest BCUT2D eigenvalue weighted by atomic mass is 10.1. The van der Waals surface area contributed by atoms with Crippen LogP contribution in [0, 0.1) is 6.92 Å². The van der Waals surface area contributed by atoms with Crippen LogP contribution < -0.4 is 20.5 Å². The number of anilines is 1. The van der Waals surface area contributed by atoms with Crippen molar-refractivity contribution in [1.29, 1.82) is 0 Å². The summed E-state index contributed by atoms with van der Waals surface area (Å²) in [5.74, 6) is 0.797. The maximum absolute atomic E-state index is 12.2. The molecule has 0 saturated heterocycles. The smallest absolute Gasteiger partial charge is 0.418 e. The number of carbonyl (C=O) groups excluding carboxylic acids is 1. The third-order valence-electron chi connectivity index (χ3n) is 4.04. The van der Waals surface area contributed by atoms with Gasteiger partial charge in [-0.15, -0.1) is 5.10 Å². The largest absolute Gasteiger partial charge is 0.492 e. The highest BCUT2D eigenvalue weighted by molar-refractivity contribution is 6.33. The summed E-state index contributed by atoms with van der Waals surface area (Å²) in [6.07, 6.45) is 0.886. The molecule has 3 N–H and O–H groups in total. The number of amides is 1. The topological polar surface area (TPSA) is 109 Å². The molecular weight excluding hydrogens is 384 g/mol. The SMILES string of the molecule is Cc1cc(OC(=O)Nc2ccc(OCCN)c(-c3c(Cl)cnn3C)c2)nn1C. The molecule has 1 amide bonds. The predicted molar refractivity (Wildman–Crippen MR) is 106 cm³/mol. The van der Waals surface area contributed by atoms with Gasteiger partial charge in [-0.1, -0.05) is 11.6 Å². The van der Waals surface area contributed by atoms with Crippen LogP contribution in [0.3, 0.4) is 0 Å². The van der Waals surface area contributed by atoms with Crippen molar-refractivity contribution < 1.29 is 14.3 Å². The second-order valence-corrected chi connectivity index (χ2v) is 6.48. The van der Waals surface area contributed by atoms with Gasteiger partial charge in [0.1, 0.15) is 12.4 Å². The summed E-state index contributed by atoms with van der Waals surface area (Å²) in [5, 5.41) is 11.4. The third kappa shape index (κ3) is 4.26. The summed E-state index contributed by atoms with van der Waals surface area (Å²) >= 11 is 6.28. The molecule has 2 heterocycles. The Bertz CT molecular complexity index is 958. The van der Waals surface area contributed by atoms with Crippen LogP contribution in [0.25, 0.3) is 11.3 Å². The van der Waals surface area contributed by atoms with Gasteiger partial charge in [0.2, 0.25) is 5.88 Å². The average molecular weight is 405 g/mol. The van der Waals surface area contributed by atoms with Gasteiger partial charge in [-0.2, -0.15) is 5.10 Å². The van der Waals surface area contributed by atoms with Gasteiger partial charge in [0, 0.05) is 43.7 Å². The fraction of sp³-hybridized carbons (Fsp3) is 0.278. The molecular formula is C18H21ClN6O3. The Morgan fingerprint density at radius 3 is 2.68 bits per heavy atom. The van der Waals surface area contributed by atoms with Gasteiger partial charge in [-0.05, 0) is 25.1 Å². The van der Waals surface area contributed by atoms with E-state index in [2.05, 4.69) is 15.5 Å². The second-order valence-electron chi connectivity index (χ2n) is 6.07. The first-order valence-corrected chi connectivity index (χ1v) is 8.91. The highest BCUT2D eigenvalue weighted by atomic mass is 35.5. The van der Waals surface area contributed by atoms with Crippen molar-refractivity contribution in [1.82, 2.24) is 19.6 Å². The second kappa shape index (κ2) is 8.32. The zero-order chi connectivity index (χ0) is 20.3. The number of halogens is 1. The zero-order valence-electron chi connectivity index (χ0n) is 15.8. The van der Waals surface area contributed by atoms with Crippen LogP contribution in [-0.4, -0.2) is 38.8 Å². The summed E-state index contributed by atoms with van der Waals surface area (Å²) in [5.41, 5.74) is 8.24. The maximum Gasteiger partial charge on any atom is 0.418 e. The van der Waals surface area contributed by atoms with E-state index in [0.717, 1.165) is 5.69 Å². The van der Waals surface area contributed by atoms with Crippen molar-refractivity contribution in [2.45, 2.75) is 6.92 Å². The number of hydrogen-bond acceptors (Lipinski definition) is 6. The number of nitrogens with two attached hydrogens (primary N) is 1. The number of ether oxygens (including phenoxy) is 2. The summed E-state index contributed by atoms with van der Waals surface area (Å²) in [6, 6.07) is 6.84. The van der Waals surface area contributed by atoms with Gasteiger partial charge in [0.05, 0.1) is 16.9 Å². The first-order valence-electron chi connectivity index (χ1n) is 8.53. The number of aryl methyl sites for hydroxylation is 3. The average Bonchev–Trinajstić information content (AvgIpc) is 3.14. The van der Waals surface area contributed by atoms with Gasteiger partial charge in [0.25, 0.3) is 0 Å². The number of aromatic nitrogens is 4. The van der Waals surface area contributed by atoms with Crippen LogP contribution in [0.4, 0.5) is 10.5 Å². The van der Waals surface area contributed by atoms with Crippen LogP contribution >= 0.6 is 11.6 Å². The minimum atomic E-state index is -0.657. The quantitative estimate of drug-likeness (QED) is 0.653. The standard InChI is InChI=1S/C18H21ClN6O3/c1-11-8-16(23-24(11)2)28-18(26)22-12-4-5-15(27-7-6-20)13(9-12)17-14(19)10-21-25(17)3/h4-5,8-10H,6-7,20H2,1-3H3,(H,22,26). The Labute approximate surface area is 167 Å². The van der Waals surface area contributed by atoms with Gasteiger partial charge < -0.3 is 15.2 Å². The Kier molecular flexibility index (Phi) is 5.86. The fourth-order valence-corrected chi connectivity index (χ4v) is 2.88. The molecule has 0 aliphatic carbocycles. The molecule has 0 unspecified atom stereocenters. The van der Waals surface area contributed by atoms with E-state index < -0.39 is 6.09 Å². The molecule has 0 radical (unpaired) electrons. The minimum absolute atomic E-state index is 0.218. The zero-order valence-corrected chi connectivity index (χ0v) is 16.5. The van der Waals surface area contributed by atoms with Crippen molar-refractivity contribution in [2.75, 3.05) is 18.5 Å². The van der Waals surface area contributed by atoms with E-state index >= 15 is 0 Å². The number of rotatable bonds is 6. The lowest BCUT2D eigenvalue weighted by Gasteiger charge is -2.14. The summed E-state index contributed by atoms with van der Waals surface area (Å²) in [6.45, 7) is 2.58. The Hall–Kier alpha value is -3.04. The van der Waals surface area contributed by atoms with Crippen molar-refractivity contribution in [3.63, 3.8) is 0 Å². The van der Waals surface area contributed by atoms with Crippen molar-refractivity contribution >= 4 is 23.4 Å². The van der Waals surface area contributed by atoms with E-state index in [9.17, 15) is 4.79 Å². The third-order valence-corrected chi connectivity index (χ3v) is 4.32. The Morgan fingerprint density at radius 1 is 1.29 bits per heavy atom. The number of hydrogen-bond donors (Lipinski definition) is 2. The summed E-state index contributed by atoms with van der Waals surface area (Å²) in [7, 11) is 3.54. The van der Waals surface area contributed by atoms with E-state index in [4.69, 9.17) is 26.8 Å². The predicted octanol–water partition coefficient (Wildman–Crippen LogP) is 2.73. The molecule has 0 bridgehead atoms. The normalized spacial score (nSPS) is 10.8. The van der Waals surface area contributed by atoms with Crippen molar-refractivity contribution in [2.24, 2.45) is 19.8 Å². The molecule has 28 heavy (non-hydrogen) atoms. The highest BCUT2D eigenvalue weighted by Crippen LogP contribution is 2.36. The number of nitrogens with one attached hydrogen (secondary N) is 1. The summed E-state index contributed by atoms with van der Waals surface area (Å²) in [4.78, 5) is 12.2. The minimum Gasteiger partial charge on any atom is -0.492 e. The van der Waals surface area contributed by atoms with E-state index in [1.807, 2.05) is 6.92 Å². The molecule has 0 fully saturated rings. The van der Waals surface area contributed by atoms with Gasteiger partial charge in [0.15, 0.2) is 0 Å². The number of carbonyl (C=O) groups is 1. The number of nitrogens with zero attached hydrogens (tertiary/aromatic N) is 4. The Morgan fingerprint density at radius 2 is 2.07 bits per heavy atom. The number of benzene rings is 1. The molecule has 0 spiro atoms. The maximum atomic E-state index is 12.2. The van der Waals surface area contributed by atoms with E-state index in [0.29, 0.717) is 40.9 Å². The van der Waals surface area contributed by atoms with E-state index in [1.165, 1.54) is 0 Å². The highest BCUT2D eigenvalue weighted by Gasteiger charge is 2.17. The lowest BCUT2D eigenvalue weighted by molar-refractivity contribution is 0.213. The van der Waals surface area contributed by atoms with Crippen molar-refractivity contribution in [3.05, 3.63) is 41.2 Å². The molecule has 0 aliphatic heterocycles. The molecule has 9 nitrogen and oxygen atoms in total. The van der Waals surface area contributed by atoms with Crippen molar-refractivity contribution in [3.8, 4) is 22.9 Å². The van der Waals surface area contributed by atoms with Crippen LogP contribution in [-0.2, 0) is 14.1 Å². The fourth-order valence-electron chi connectivity index (χ4n) is 2.62. The van der Waals surface area contributed by atoms with E-state index in [-0.39, 0.29) is 5.88 Å². The van der Waals surface area contributed by atoms with Crippen LogP contribution in [0.2, 0.25) is 5.02 Å². The van der Waals surface area contributed by atoms with Crippen LogP contribution in [0.5, 0.6) is 11.6 Å². The van der Waals surface area contributed by atoms with Crippen LogP contribution in [0.1, 0.15) is 5.69 Å². The Balaban J connectivity index is 1.85. The molecule has 148 valence electrons. The molecule has 0 saturated carbocycles. The first kappa shape index (κ1) is 19.7. The van der Waals surface area contributed by atoms with Crippen LogP contribution in [0.15, 0.2) is 30.5 Å². The first-order chi connectivity index (χ1) is 13.4. The van der Waals surface area contributed by atoms with Gasteiger partial charge >= 0.3 is 6.09 Å². The lowest BCUT2D eigenvalue weighted by Crippen LogP contribution is -2.17. The molecule has 0 aliphatic rings. The van der Waals surface area contributed by atoms with Gasteiger partial charge in [-0.25, -0.2) is 4.79 Å². The summed E-state index contributed by atoms with van der Waals surface area (Å²) < 4.78 is 14.2. The molecule has 0 atom stereocenters. The molecule has 3 rings (SSSR count). The molecule has 3 aromatic rings. The van der Waals surface area contributed by atoms with E-state index in [1.54, 1.807) is 53.9 Å².